The maximum absolute atomic E-state index is 5.87. The molecule has 0 aliphatic rings. The van der Waals surface area contributed by atoms with Crippen LogP contribution in [-0.4, -0.2) is 31.5 Å². The van der Waals surface area contributed by atoms with Crippen molar-refractivity contribution < 1.29 is 9.26 Å². The minimum Gasteiger partial charge on any atom is -0.476 e. The number of aromatic nitrogens is 5. The van der Waals surface area contributed by atoms with Crippen molar-refractivity contribution in [3.05, 3.63) is 72.4 Å². The first-order chi connectivity index (χ1) is 13.3. The summed E-state index contributed by atoms with van der Waals surface area (Å²) in [5.74, 6) is 1.59. The molecule has 136 valence electrons. The minimum absolute atomic E-state index is 0.415. The highest BCUT2D eigenvalue weighted by Gasteiger charge is 2.11. The quantitative estimate of drug-likeness (QED) is 0.539. The van der Waals surface area contributed by atoms with Gasteiger partial charge in [0, 0.05) is 43.3 Å². The minimum atomic E-state index is 0.415. The molecule has 0 radical (unpaired) electrons. The average Bonchev–Trinajstić information content (AvgIpc) is 3.36. The largest absolute Gasteiger partial charge is 0.476 e. The van der Waals surface area contributed by atoms with Gasteiger partial charge in [-0.15, -0.1) is 0 Å². The van der Waals surface area contributed by atoms with Crippen LogP contribution < -0.4 is 10.5 Å². The van der Waals surface area contributed by atoms with Gasteiger partial charge in [-0.25, -0.2) is 9.97 Å². The Bertz CT molecular complexity index is 995. The summed E-state index contributed by atoms with van der Waals surface area (Å²) >= 11 is 0. The van der Waals surface area contributed by atoms with Gasteiger partial charge < -0.3 is 15.0 Å². The van der Waals surface area contributed by atoms with Crippen molar-refractivity contribution in [3.63, 3.8) is 0 Å². The number of nitrogens with two attached hydrogens (primary N) is 1. The Hall–Kier alpha value is -3.68. The smallest absolute Gasteiger partial charge is 0.213 e. The van der Waals surface area contributed by atoms with E-state index >= 15 is 0 Å². The van der Waals surface area contributed by atoms with Gasteiger partial charge in [0.25, 0.3) is 0 Å². The summed E-state index contributed by atoms with van der Waals surface area (Å²) in [6.45, 7) is 1.18. The molecule has 0 saturated carbocycles. The number of nitrogens with zero attached hydrogens (tertiary/aromatic N) is 5. The Morgan fingerprint density at radius 2 is 2.07 bits per heavy atom. The predicted octanol–water partition coefficient (Wildman–Crippen LogP) is 2.58. The van der Waals surface area contributed by atoms with Crippen LogP contribution >= 0.6 is 0 Å². The molecule has 0 saturated heterocycles. The molecule has 0 spiro atoms. The van der Waals surface area contributed by atoms with Crippen molar-refractivity contribution in [2.45, 2.75) is 13.0 Å². The second-order valence-electron chi connectivity index (χ2n) is 5.92. The third-order valence-corrected chi connectivity index (χ3v) is 3.98. The monoisotopic (exact) mass is 362 g/mol. The van der Waals surface area contributed by atoms with Crippen LogP contribution in [0.5, 0.6) is 5.88 Å². The first-order valence-electron chi connectivity index (χ1n) is 8.49. The van der Waals surface area contributed by atoms with Crippen molar-refractivity contribution in [1.29, 1.82) is 0 Å². The zero-order chi connectivity index (χ0) is 18.5. The molecular formula is C19H18N6O2. The molecule has 0 aliphatic carbocycles. The molecular weight excluding hydrogens is 344 g/mol. The summed E-state index contributed by atoms with van der Waals surface area (Å²) in [4.78, 5) is 8.39. The van der Waals surface area contributed by atoms with E-state index in [4.69, 9.17) is 15.0 Å². The molecule has 8 nitrogen and oxygen atoms in total. The molecule has 0 atom stereocenters. The lowest BCUT2D eigenvalue weighted by atomic mass is 10.1. The van der Waals surface area contributed by atoms with Crippen LogP contribution in [0.15, 0.2) is 65.7 Å². The zero-order valence-electron chi connectivity index (χ0n) is 14.5. The highest BCUT2D eigenvalue weighted by atomic mass is 16.5. The van der Waals surface area contributed by atoms with Crippen LogP contribution in [0.3, 0.4) is 0 Å². The topological polar surface area (TPSA) is 105 Å². The van der Waals surface area contributed by atoms with E-state index in [2.05, 4.69) is 20.2 Å². The van der Waals surface area contributed by atoms with E-state index in [1.165, 1.54) is 0 Å². The summed E-state index contributed by atoms with van der Waals surface area (Å²) in [7, 11) is 0. The van der Waals surface area contributed by atoms with Gasteiger partial charge in [-0.1, -0.05) is 11.2 Å². The number of ether oxygens (including phenoxy) is 1. The van der Waals surface area contributed by atoms with E-state index in [1.807, 2.05) is 47.3 Å². The lowest BCUT2D eigenvalue weighted by Crippen LogP contribution is -2.09. The van der Waals surface area contributed by atoms with Gasteiger partial charge in [0.15, 0.2) is 5.76 Å². The Morgan fingerprint density at radius 3 is 2.85 bits per heavy atom. The fraction of sp³-hybridized carbons (Fsp3) is 0.158. The maximum atomic E-state index is 5.87. The normalized spacial score (nSPS) is 10.8. The molecule has 0 aliphatic heterocycles. The molecule has 8 heteroatoms. The number of nitrogen functional groups attached to an aromatic ring is 1. The van der Waals surface area contributed by atoms with E-state index in [-0.39, 0.29) is 0 Å². The zero-order valence-corrected chi connectivity index (χ0v) is 14.5. The summed E-state index contributed by atoms with van der Waals surface area (Å²) < 4.78 is 12.8. The van der Waals surface area contributed by atoms with E-state index in [9.17, 15) is 0 Å². The highest BCUT2D eigenvalue weighted by molar-refractivity contribution is 5.69. The van der Waals surface area contributed by atoms with Crippen LogP contribution in [0, 0.1) is 0 Å². The maximum Gasteiger partial charge on any atom is 0.213 e. The van der Waals surface area contributed by atoms with Crippen molar-refractivity contribution in [3.8, 4) is 17.2 Å². The molecule has 27 heavy (non-hydrogen) atoms. The molecule has 4 aromatic rings. The second-order valence-corrected chi connectivity index (χ2v) is 5.92. The SMILES string of the molecule is Nc1ncccc1-c1cc(Cc2ccc(OCCn3cccn3)nc2)no1. The van der Waals surface area contributed by atoms with E-state index in [0.717, 1.165) is 16.8 Å². The number of pyridine rings is 2. The van der Waals surface area contributed by atoms with Crippen LogP contribution in [0.2, 0.25) is 0 Å². The lowest BCUT2D eigenvalue weighted by molar-refractivity contribution is 0.281. The second kappa shape index (κ2) is 7.69. The summed E-state index contributed by atoms with van der Waals surface area (Å²) in [5.41, 5.74) is 8.41. The Labute approximate surface area is 155 Å². The fourth-order valence-electron chi connectivity index (χ4n) is 2.63. The molecule has 4 aromatic heterocycles. The van der Waals surface area contributed by atoms with Crippen LogP contribution in [0.25, 0.3) is 11.3 Å². The molecule has 0 aromatic carbocycles. The molecule has 0 bridgehead atoms. The third-order valence-electron chi connectivity index (χ3n) is 3.98. The number of hydrogen-bond acceptors (Lipinski definition) is 7. The van der Waals surface area contributed by atoms with Crippen molar-refractivity contribution in [2.24, 2.45) is 0 Å². The van der Waals surface area contributed by atoms with Gasteiger partial charge in [0.05, 0.1) is 17.8 Å². The first-order valence-corrected chi connectivity index (χ1v) is 8.49. The van der Waals surface area contributed by atoms with Crippen LogP contribution in [0.1, 0.15) is 11.3 Å². The number of hydrogen-bond donors (Lipinski definition) is 1. The Balaban J connectivity index is 1.35. The van der Waals surface area contributed by atoms with Gasteiger partial charge in [0.2, 0.25) is 5.88 Å². The Kier molecular flexibility index (Phi) is 4.78. The van der Waals surface area contributed by atoms with Gasteiger partial charge in [0.1, 0.15) is 12.4 Å². The fourth-order valence-corrected chi connectivity index (χ4v) is 2.63. The Morgan fingerprint density at radius 1 is 1.11 bits per heavy atom. The standard InChI is InChI=1S/C19H18N6O2/c20-19-16(3-1-6-21-19)17-12-15(24-27-17)11-14-4-5-18(22-13-14)26-10-9-25-8-2-7-23-25/h1-8,12-13H,9-11H2,(H2,20,21). The van der Waals surface area contributed by atoms with E-state index in [0.29, 0.717) is 37.0 Å². The molecule has 0 fully saturated rings. The lowest BCUT2D eigenvalue weighted by Gasteiger charge is -2.06. The van der Waals surface area contributed by atoms with E-state index < -0.39 is 0 Å². The average molecular weight is 362 g/mol. The molecule has 4 heterocycles. The highest BCUT2D eigenvalue weighted by Crippen LogP contribution is 2.25. The number of rotatable bonds is 7. The van der Waals surface area contributed by atoms with Gasteiger partial charge in [-0.05, 0) is 23.8 Å². The van der Waals surface area contributed by atoms with Crippen molar-refractivity contribution >= 4 is 5.82 Å². The van der Waals surface area contributed by atoms with Crippen LogP contribution in [0.4, 0.5) is 5.82 Å². The molecule has 4 rings (SSSR count). The van der Waals surface area contributed by atoms with Crippen LogP contribution in [-0.2, 0) is 13.0 Å². The van der Waals surface area contributed by atoms with Gasteiger partial charge in [-0.2, -0.15) is 5.10 Å². The van der Waals surface area contributed by atoms with Gasteiger partial charge >= 0.3 is 0 Å². The summed E-state index contributed by atoms with van der Waals surface area (Å²) in [6.07, 6.45) is 7.65. The van der Waals surface area contributed by atoms with Gasteiger partial charge in [-0.3, -0.25) is 4.68 Å². The molecule has 2 N–H and O–H groups in total. The van der Waals surface area contributed by atoms with Crippen molar-refractivity contribution in [1.82, 2.24) is 24.9 Å². The summed E-state index contributed by atoms with van der Waals surface area (Å²) in [6, 6.07) is 11.2. The van der Waals surface area contributed by atoms with Crippen molar-refractivity contribution in [2.75, 3.05) is 12.3 Å². The third kappa shape index (κ3) is 4.12. The molecule has 0 amide bonds. The van der Waals surface area contributed by atoms with E-state index in [1.54, 1.807) is 18.6 Å². The molecule has 0 unspecified atom stereocenters. The predicted molar refractivity (Wildman–Crippen MR) is 98.9 cm³/mol. The number of anilines is 1. The first kappa shape index (κ1) is 16.8. The summed E-state index contributed by atoms with van der Waals surface area (Å²) in [5, 5.41) is 8.23.